The van der Waals surface area contributed by atoms with Crippen LogP contribution in [0.5, 0.6) is 0 Å². The van der Waals surface area contributed by atoms with Gasteiger partial charge in [-0.25, -0.2) is 0 Å². The molecule has 70 heavy (non-hydrogen) atoms. The number of allylic oxidation sites excluding steroid dienone is 2. The summed E-state index contributed by atoms with van der Waals surface area (Å²) in [6.07, 6.45) is 24.1. The minimum absolute atomic E-state index is 0. The van der Waals surface area contributed by atoms with Crippen LogP contribution < -0.4 is 0 Å². The maximum absolute atomic E-state index is 12.2. The summed E-state index contributed by atoms with van der Waals surface area (Å²) >= 11 is 3.29. The molecule has 0 saturated heterocycles. The van der Waals surface area contributed by atoms with Crippen LogP contribution in [0.2, 0.25) is 0 Å². The fourth-order valence-electron chi connectivity index (χ4n) is 23.3. The molecule has 10 aliphatic carbocycles. The molecule has 20 atom stereocenters. The number of rotatable bonds is 6. The summed E-state index contributed by atoms with van der Waals surface area (Å²) in [5.41, 5.74) is 4.99. The van der Waals surface area contributed by atoms with E-state index in [0.29, 0.717) is 87.1 Å². The van der Waals surface area contributed by atoms with Gasteiger partial charge in [0.05, 0.1) is 18.8 Å². The second-order valence-corrected chi connectivity index (χ2v) is 30.4. The van der Waals surface area contributed by atoms with E-state index < -0.39 is 0 Å². The molecule has 10 aliphatic rings. The number of halogens is 1. The Bertz CT molecular complexity index is 1980. The lowest BCUT2D eigenvalue weighted by molar-refractivity contribution is -0.249. The molecule has 3 N–H and O–H groups in total. The molecule has 0 unspecified atom stereocenters. The normalized spacial score (nSPS) is 52.2. The topological polar surface area (TPSA) is 87.0 Å². The zero-order valence-corrected chi connectivity index (χ0v) is 47.2. The first kappa shape index (κ1) is 57.0. The Labute approximate surface area is 439 Å². The summed E-state index contributed by atoms with van der Waals surface area (Å²) in [6, 6.07) is 0. The van der Waals surface area contributed by atoms with E-state index in [1.54, 1.807) is 0 Å². The molecule has 10 saturated carbocycles. The van der Waals surface area contributed by atoms with Crippen LogP contribution in [0.4, 0.5) is 0 Å². The summed E-state index contributed by atoms with van der Waals surface area (Å²) in [5, 5.41) is 32.8. The monoisotopic (exact) mass is 1040 g/mol. The Hall–Kier alpha value is -0.690. The highest BCUT2D eigenvalue weighted by Crippen LogP contribution is 2.79. The second-order valence-electron chi connectivity index (χ2n) is 29.8. The van der Waals surface area contributed by atoms with Gasteiger partial charge in [0.15, 0.2) is 0 Å². The van der Waals surface area contributed by atoms with Gasteiger partial charge < -0.3 is 20.1 Å². The maximum atomic E-state index is 12.2. The lowest BCUT2D eigenvalue weighted by atomic mass is 9.32. The molecule has 0 spiro atoms. The van der Waals surface area contributed by atoms with Gasteiger partial charge in [-0.3, -0.25) is 4.79 Å². The molecule has 0 aromatic carbocycles. The van der Waals surface area contributed by atoms with E-state index >= 15 is 0 Å². The van der Waals surface area contributed by atoms with Gasteiger partial charge >= 0.3 is 5.97 Å². The summed E-state index contributed by atoms with van der Waals surface area (Å²) in [7, 11) is 0. The summed E-state index contributed by atoms with van der Waals surface area (Å²) in [4.78, 5) is 12.2. The highest BCUT2D eigenvalue weighted by molar-refractivity contribution is 9.09. The smallest absolute Gasteiger partial charge is 0.316 e. The molecule has 6 heteroatoms. The molecule has 0 aromatic rings. The minimum atomic E-state index is -0.167. The number of aliphatic hydroxyl groups is 3. The first-order valence-corrected chi connectivity index (χ1v) is 29.8. The largest absolute Gasteiger partial charge is 0.464 e. The molecule has 0 aliphatic heterocycles. The summed E-state index contributed by atoms with van der Waals surface area (Å²) in [5.74, 6) is 6.32. The van der Waals surface area contributed by atoms with Gasteiger partial charge in [-0.15, -0.1) is 0 Å². The fraction of sp³-hybridized carbons (Fsp3) is 0.922. The van der Waals surface area contributed by atoms with Crippen LogP contribution in [0.25, 0.3) is 0 Å². The van der Waals surface area contributed by atoms with Crippen molar-refractivity contribution in [2.75, 3.05) is 18.5 Å². The summed E-state index contributed by atoms with van der Waals surface area (Å²) < 4.78 is 5.89. The lowest BCUT2D eigenvalue weighted by Crippen LogP contribution is -2.66. The van der Waals surface area contributed by atoms with Crippen molar-refractivity contribution < 1.29 is 24.9 Å². The van der Waals surface area contributed by atoms with Crippen LogP contribution in [-0.2, 0) is 9.53 Å². The van der Waals surface area contributed by atoms with Crippen molar-refractivity contribution in [3.63, 3.8) is 0 Å². The zero-order chi connectivity index (χ0) is 49.6. The van der Waals surface area contributed by atoms with Crippen LogP contribution >= 0.6 is 15.9 Å². The lowest BCUT2D eigenvalue weighted by Gasteiger charge is -2.73. The Kier molecular flexibility index (Phi) is 15.3. The number of fused-ring (bicyclic) bond motifs is 14. The highest BCUT2D eigenvalue weighted by atomic mass is 79.9. The molecule has 0 bridgehead atoms. The SMILES string of the molecule is C.C.C=C(C)[C@@H]1CC[C@]2(CO)CC[C@]3(C)[C@H](CC[C@@H]4[C@@]5(C)CC[C@H](O)C(C)(C)[C@@H]5CC[C@]43C)[C@@H]12.C=C(C)[C@@H]1CC[C@]2(COC(=O)CBr)CC[C@]3(C)[C@H](CC[C@@H]4[C@@]5(C)CC[C@H](O)C(C)(C)[C@@H]5CC[C@]43C)[C@@H]12. The minimum Gasteiger partial charge on any atom is -0.464 e. The Morgan fingerprint density at radius 3 is 1.31 bits per heavy atom. The van der Waals surface area contributed by atoms with E-state index in [2.05, 4.69) is 112 Å². The average Bonchev–Trinajstić information content (AvgIpc) is 3.87. The van der Waals surface area contributed by atoms with E-state index in [1.807, 2.05) is 0 Å². The van der Waals surface area contributed by atoms with Gasteiger partial charge in [-0.1, -0.05) is 124 Å². The Balaban J connectivity index is 0.000000202. The van der Waals surface area contributed by atoms with Crippen LogP contribution in [0.3, 0.4) is 0 Å². The van der Waals surface area contributed by atoms with Gasteiger partial charge in [0, 0.05) is 12.0 Å². The predicted molar refractivity (Wildman–Crippen MR) is 295 cm³/mol. The first-order chi connectivity index (χ1) is 31.6. The predicted octanol–water partition coefficient (Wildman–Crippen LogP) is 16.2. The zero-order valence-electron chi connectivity index (χ0n) is 45.6. The van der Waals surface area contributed by atoms with Gasteiger partial charge in [0.25, 0.3) is 0 Å². The van der Waals surface area contributed by atoms with Crippen LogP contribution in [0.1, 0.15) is 226 Å². The molecule has 5 nitrogen and oxygen atoms in total. The van der Waals surface area contributed by atoms with Crippen LogP contribution in [0.15, 0.2) is 24.3 Å². The van der Waals surface area contributed by atoms with Crippen molar-refractivity contribution in [3.05, 3.63) is 24.3 Å². The van der Waals surface area contributed by atoms with E-state index in [-0.39, 0.29) is 60.0 Å². The van der Waals surface area contributed by atoms with Gasteiger partial charge in [0.2, 0.25) is 0 Å². The van der Waals surface area contributed by atoms with Crippen LogP contribution in [-0.4, -0.2) is 52.0 Å². The number of hydrogen-bond donors (Lipinski definition) is 3. The fourth-order valence-corrected chi connectivity index (χ4v) is 23.5. The Morgan fingerprint density at radius 1 is 0.514 bits per heavy atom. The number of hydrogen-bond acceptors (Lipinski definition) is 5. The molecular formula is C64H109BrO5. The third kappa shape index (κ3) is 7.68. The standard InChI is InChI=1S/C32H51BrO3.C30H50O2.2CH4/c1-20(2)21-10-15-32(19-36-26(35)18-33)17-16-30(6)22(27(21)32)8-9-24-29(5)13-12-25(34)28(3,4)23(29)11-14-31(24,30)7;1-19(2)20-10-15-30(18-31)17-16-28(6)21(25(20)30)8-9-23-27(5)13-12-24(32)26(3,4)22(27)11-14-29(23,28)7;;/h21-25,27,34H,1,8-19H2,2-7H3;20-25,31-32H,1,8-18H2,2-7H3;2*1H4/t21-,22+,23-,24+,25-,27+,29-,30+,31+,32+;20-,21+,22-,23+,24-,25+,27-,28+,29+,30+;;/m00../s1. The third-order valence-electron chi connectivity index (χ3n) is 27.4. The van der Waals surface area contributed by atoms with E-state index in [1.165, 1.54) is 127 Å². The van der Waals surface area contributed by atoms with Gasteiger partial charge in [-0.2, -0.15) is 0 Å². The van der Waals surface area contributed by atoms with Gasteiger partial charge in [-0.05, 0) is 250 Å². The number of carbonyl (C=O) groups excluding carboxylic acids is 1. The number of esters is 1. The molecule has 10 rings (SSSR count). The van der Waals surface area contributed by atoms with E-state index in [4.69, 9.17) is 4.74 Å². The number of carbonyl (C=O) groups is 1. The van der Waals surface area contributed by atoms with Crippen molar-refractivity contribution in [2.24, 2.45) is 113 Å². The van der Waals surface area contributed by atoms with E-state index in [9.17, 15) is 20.1 Å². The highest BCUT2D eigenvalue weighted by Gasteiger charge is 2.73. The molecule has 402 valence electrons. The third-order valence-corrected chi connectivity index (χ3v) is 27.8. The Morgan fingerprint density at radius 2 is 0.914 bits per heavy atom. The number of aliphatic hydroxyl groups excluding tert-OH is 3. The van der Waals surface area contributed by atoms with Gasteiger partial charge in [0.1, 0.15) is 5.33 Å². The number of alkyl halides is 1. The van der Waals surface area contributed by atoms with Crippen molar-refractivity contribution in [3.8, 4) is 0 Å². The molecule has 0 aromatic heterocycles. The van der Waals surface area contributed by atoms with Crippen molar-refractivity contribution in [1.29, 1.82) is 0 Å². The summed E-state index contributed by atoms with van der Waals surface area (Å²) in [6.45, 7) is 39.7. The number of ether oxygens (including phenoxy) is 1. The molecule has 0 radical (unpaired) electrons. The molecule has 0 heterocycles. The second kappa shape index (κ2) is 18.8. The molecular weight excluding hydrogens is 929 g/mol. The molecule has 10 fully saturated rings. The first-order valence-electron chi connectivity index (χ1n) is 28.6. The van der Waals surface area contributed by atoms with Crippen molar-refractivity contribution in [2.45, 2.75) is 239 Å². The maximum Gasteiger partial charge on any atom is 0.316 e. The molecule has 0 amide bonds. The quantitative estimate of drug-likeness (QED) is 0.140. The van der Waals surface area contributed by atoms with Crippen molar-refractivity contribution >= 4 is 21.9 Å². The van der Waals surface area contributed by atoms with Crippen LogP contribution in [0, 0.1) is 113 Å². The average molecular weight is 1040 g/mol. The van der Waals surface area contributed by atoms with Crippen molar-refractivity contribution in [1.82, 2.24) is 0 Å². The van der Waals surface area contributed by atoms with E-state index in [0.717, 1.165) is 30.6 Å².